The number of fused-ring (bicyclic) bond motifs is 1. The quantitative estimate of drug-likeness (QED) is 0.590. The van der Waals surface area contributed by atoms with E-state index < -0.39 is 23.6 Å². The standard InChI is InChI=1S/C24H27F2N5O2/c1-3-33-21-7-5-4-6-17(21)15-30-11-10-22-28-29-23(31(22)13-12-30)16(2)27-24(32)19-14-18(25)8-9-20(19)26/h4-9,14,16H,3,10-13,15H2,1-2H3,(H,27,32). The number of hydrogen-bond acceptors (Lipinski definition) is 5. The summed E-state index contributed by atoms with van der Waals surface area (Å²) in [5, 5.41) is 11.3. The highest BCUT2D eigenvalue weighted by atomic mass is 19.1. The van der Waals surface area contributed by atoms with Gasteiger partial charge in [-0.15, -0.1) is 10.2 Å². The maximum absolute atomic E-state index is 14.0. The number of nitrogens with one attached hydrogen (secondary N) is 1. The Morgan fingerprint density at radius 3 is 2.79 bits per heavy atom. The Morgan fingerprint density at radius 2 is 1.97 bits per heavy atom. The van der Waals surface area contributed by atoms with Gasteiger partial charge in [0.15, 0.2) is 5.82 Å². The van der Waals surface area contributed by atoms with E-state index in [1.807, 2.05) is 29.7 Å². The molecule has 1 aliphatic rings. The molecule has 0 fully saturated rings. The number of amides is 1. The van der Waals surface area contributed by atoms with Crippen LogP contribution in [0.15, 0.2) is 42.5 Å². The number of halogens is 2. The normalized spacial score (nSPS) is 14.9. The molecule has 0 aliphatic carbocycles. The molecule has 2 aromatic carbocycles. The molecular weight excluding hydrogens is 428 g/mol. The third kappa shape index (κ3) is 5.19. The lowest BCUT2D eigenvalue weighted by molar-refractivity contribution is 0.0933. The first kappa shape index (κ1) is 22.8. The molecule has 3 aromatic rings. The minimum absolute atomic E-state index is 0.336. The van der Waals surface area contributed by atoms with Crippen LogP contribution in [0.25, 0.3) is 0 Å². The van der Waals surface area contributed by atoms with Crippen LogP contribution in [-0.4, -0.2) is 45.3 Å². The summed E-state index contributed by atoms with van der Waals surface area (Å²) in [6.45, 7) is 7.35. The first-order chi connectivity index (χ1) is 16.0. The summed E-state index contributed by atoms with van der Waals surface area (Å²) in [7, 11) is 0. The number of nitrogens with zero attached hydrogens (tertiary/aromatic N) is 4. The van der Waals surface area contributed by atoms with Gasteiger partial charge < -0.3 is 14.6 Å². The Balaban J connectivity index is 1.44. The number of carbonyl (C=O) groups excluding carboxylic acids is 1. The third-order valence-electron chi connectivity index (χ3n) is 5.72. The van der Waals surface area contributed by atoms with Crippen LogP contribution in [0.2, 0.25) is 0 Å². The molecule has 1 aromatic heterocycles. The van der Waals surface area contributed by atoms with Crippen LogP contribution < -0.4 is 10.1 Å². The molecule has 0 spiro atoms. The van der Waals surface area contributed by atoms with Gasteiger partial charge in [-0.3, -0.25) is 9.69 Å². The Bertz CT molecular complexity index is 1130. The second-order valence-electron chi connectivity index (χ2n) is 8.01. The van der Waals surface area contributed by atoms with Crippen LogP contribution in [0.1, 0.15) is 47.5 Å². The van der Waals surface area contributed by atoms with Gasteiger partial charge in [0.2, 0.25) is 0 Å². The van der Waals surface area contributed by atoms with Crippen molar-refractivity contribution >= 4 is 5.91 Å². The predicted molar refractivity (Wildman–Crippen MR) is 119 cm³/mol. The van der Waals surface area contributed by atoms with E-state index in [4.69, 9.17) is 4.74 Å². The van der Waals surface area contributed by atoms with E-state index in [0.29, 0.717) is 25.4 Å². The summed E-state index contributed by atoms with van der Waals surface area (Å²) in [6, 6.07) is 10.3. The zero-order chi connectivity index (χ0) is 23.4. The number of aromatic nitrogens is 3. The lowest BCUT2D eigenvalue weighted by atomic mass is 10.1. The van der Waals surface area contributed by atoms with E-state index in [9.17, 15) is 13.6 Å². The maximum Gasteiger partial charge on any atom is 0.254 e. The number of para-hydroxylation sites is 1. The molecule has 174 valence electrons. The lowest BCUT2D eigenvalue weighted by Gasteiger charge is -2.21. The highest BCUT2D eigenvalue weighted by Crippen LogP contribution is 2.22. The molecule has 1 aliphatic heterocycles. The summed E-state index contributed by atoms with van der Waals surface area (Å²) < 4.78 is 35.2. The molecule has 1 amide bonds. The Hall–Kier alpha value is -3.33. The van der Waals surface area contributed by atoms with Crippen molar-refractivity contribution in [1.82, 2.24) is 25.0 Å². The summed E-state index contributed by atoms with van der Waals surface area (Å²) in [5.74, 6) is 0.181. The molecule has 0 bridgehead atoms. The Morgan fingerprint density at radius 1 is 1.15 bits per heavy atom. The van der Waals surface area contributed by atoms with Crippen molar-refractivity contribution in [2.45, 2.75) is 39.4 Å². The smallest absolute Gasteiger partial charge is 0.254 e. The van der Waals surface area contributed by atoms with Crippen LogP contribution in [0, 0.1) is 11.6 Å². The van der Waals surface area contributed by atoms with Crippen LogP contribution in [0.4, 0.5) is 8.78 Å². The van der Waals surface area contributed by atoms with Gasteiger partial charge in [-0.05, 0) is 38.1 Å². The Kier molecular flexibility index (Phi) is 6.98. The highest BCUT2D eigenvalue weighted by Gasteiger charge is 2.24. The molecule has 0 radical (unpaired) electrons. The van der Waals surface area contributed by atoms with Crippen LogP contribution in [0.5, 0.6) is 5.75 Å². The minimum Gasteiger partial charge on any atom is -0.494 e. The van der Waals surface area contributed by atoms with E-state index in [0.717, 1.165) is 55.0 Å². The van der Waals surface area contributed by atoms with E-state index in [2.05, 4.69) is 26.5 Å². The minimum atomic E-state index is -0.774. The van der Waals surface area contributed by atoms with E-state index in [-0.39, 0.29) is 5.56 Å². The average molecular weight is 456 g/mol. The summed E-state index contributed by atoms with van der Waals surface area (Å²) in [5.41, 5.74) is 0.798. The Labute approximate surface area is 191 Å². The number of ether oxygens (including phenoxy) is 1. The zero-order valence-electron chi connectivity index (χ0n) is 18.7. The molecule has 1 unspecified atom stereocenters. The molecule has 33 heavy (non-hydrogen) atoms. The van der Waals surface area contributed by atoms with Crippen molar-refractivity contribution in [1.29, 1.82) is 0 Å². The fraction of sp³-hybridized carbons (Fsp3) is 0.375. The second-order valence-corrected chi connectivity index (χ2v) is 8.01. The average Bonchev–Trinajstić information content (AvgIpc) is 3.11. The fourth-order valence-electron chi connectivity index (χ4n) is 4.05. The van der Waals surface area contributed by atoms with Gasteiger partial charge in [-0.2, -0.15) is 0 Å². The topological polar surface area (TPSA) is 72.3 Å². The van der Waals surface area contributed by atoms with Crippen molar-refractivity contribution < 1.29 is 18.3 Å². The van der Waals surface area contributed by atoms with Crippen molar-refractivity contribution in [2.75, 3.05) is 19.7 Å². The fourth-order valence-corrected chi connectivity index (χ4v) is 4.05. The molecule has 4 rings (SSSR count). The van der Waals surface area contributed by atoms with Gasteiger partial charge in [-0.25, -0.2) is 8.78 Å². The summed E-state index contributed by atoms with van der Waals surface area (Å²) >= 11 is 0. The largest absolute Gasteiger partial charge is 0.494 e. The molecule has 7 nitrogen and oxygen atoms in total. The van der Waals surface area contributed by atoms with Gasteiger partial charge in [0, 0.05) is 38.2 Å². The van der Waals surface area contributed by atoms with Crippen molar-refractivity contribution in [3.05, 3.63) is 76.9 Å². The molecule has 9 heteroatoms. The van der Waals surface area contributed by atoms with E-state index >= 15 is 0 Å². The molecular formula is C24H27F2N5O2. The molecule has 2 heterocycles. The molecule has 0 saturated heterocycles. The number of rotatable bonds is 7. The van der Waals surface area contributed by atoms with Crippen LogP contribution >= 0.6 is 0 Å². The number of carbonyl (C=O) groups is 1. The van der Waals surface area contributed by atoms with Crippen LogP contribution in [0.3, 0.4) is 0 Å². The van der Waals surface area contributed by atoms with Gasteiger partial charge in [-0.1, -0.05) is 18.2 Å². The van der Waals surface area contributed by atoms with Gasteiger partial charge in [0.05, 0.1) is 18.2 Å². The summed E-state index contributed by atoms with van der Waals surface area (Å²) in [4.78, 5) is 14.8. The number of hydrogen-bond donors (Lipinski definition) is 1. The van der Waals surface area contributed by atoms with Crippen LogP contribution in [-0.2, 0) is 19.5 Å². The first-order valence-electron chi connectivity index (χ1n) is 11.1. The SMILES string of the molecule is CCOc1ccccc1CN1CCc2nnc(C(C)NC(=O)c3cc(F)ccc3F)n2CC1. The first-order valence-corrected chi connectivity index (χ1v) is 11.1. The van der Waals surface area contributed by atoms with Crippen molar-refractivity contribution in [3.63, 3.8) is 0 Å². The summed E-state index contributed by atoms with van der Waals surface area (Å²) in [6.07, 6.45) is 0.711. The maximum atomic E-state index is 14.0. The molecule has 0 saturated carbocycles. The van der Waals surface area contributed by atoms with Gasteiger partial charge >= 0.3 is 0 Å². The second kappa shape index (κ2) is 10.1. The third-order valence-corrected chi connectivity index (χ3v) is 5.72. The van der Waals surface area contributed by atoms with E-state index in [1.54, 1.807) is 6.92 Å². The van der Waals surface area contributed by atoms with Crippen molar-refractivity contribution in [3.8, 4) is 5.75 Å². The zero-order valence-corrected chi connectivity index (χ0v) is 18.7. The predicted octanol–water partition coefficient (Wildman–Crippen LogP) is 3.50. The lowest BCUT2D eigenvalue weighted by Crippen LogP contribution is -2.30. The monoisotopic (exact) mass is 455 g/mol. The number of benzene rings is 2. The van der Waals surface area contributed by atoms with Gasteiger partial charge in [0.1, 0.15) is 23.2 Å². The van der Waals surface area contributed by atoms with Gasteiger partial charge in [0.25, 0.3) is 5.91 Å². The van der Waals surface area contributed by atoms with Crippen molar-refractivity contribution in [2.24, 2.45) is 0 Å². The molecule has 1 atom stereocenters. The highest BCUT2D eigenvalue weighted by molar-refractivity contribution is 5.94. The van der Waals surface area contributed by atoms with E-state index in [1.165, 1.54) is 0 Å². The molecule has 1 N–H and O–H groups in total.